The van der Waals surface area contributed by atoms with Crippen molar-refractivity contribution >= 4 is 39.9 Å². The predicted molar refractivity (Wildman–Crippen MR) is 159 cm³/mol. The van der Waals surface area contributed by atoms with Gasteiger partial charge in [-0.05, 0) is 6.42 Å². The average molecular weight is 661 g/mol. The molecule has 2 fully saturated rings. The predicted octanol–water partition coefficient (Wildman–Crippen LogP) is -3.81. The van der Waals surface area contributed by atoms with Gasteiger partial charge in [-0.25, -0.2) is 29.9 Å². The van der Waals surface area contributed by atoms with E-state index < -0.39 is 67.7 Å². The van der Waals surface area contributed by atoms with E-state index in [0.29, 0.717) is 22.3 Å². The van der Waals surface area contributed by atoms with Crippen molar-refractivity contribution in [1.29, 1.82) is 0 Å². The Labute approximate surface area is 265 Å². The first-order chi connectivity index (χ1) is 22.6. The van der Waals surface area contributed by atoms with E-state index in [9.17, 15) is 30.3 Å². The van der Waals surface area contributed by atoms with E-state index in [4.69, 9.17) is 31.4 Å². The number of ether oxygens (including phenoxy) is 3. The highest BCUT2D eigenvalue weighted by Gasteiger charge is 2.47. The topological polar surface area (TPSA) is 314 Å². The fraction of sp³-hybridized carbons (Fsp3) is 0.577. The number of aliphatic hydroxyl groups is 4. The highest BCUT2D eigenvalue weighted by molar-refractivity contribution is 5.81. The number of carboxylic acid groups (broad SMARTS) is 1. The van der Waals surface area contributed by atoms with Crippen LogP contribution in [0.1, 0.15) is 18.9 Å². The summed E-state index contributed by atoms with van der Waals surface area (Å²) in [7, 11) is 0. The van der Waals surface area contributed by atoms with Gasteiger partial charge >= 0.3 is 5.97 Å². The van der Waals surface area contributed by atoms with Crippen molar-refractivity contribution in [2.75, 3.05) is 44.3 Å². The first-order valence-electron chi connectivity index (χ1n) is 14.7. The average Bonchev–Trinajstić information content (AvgIpc) is 3.82. The van der Waals surface area contributed by atoms with Gasteiger partial charge in [-0.15, -0.1) is 0 Å². The van der Waals surface area contributed by atoms with E-state index in [2.05, 4.69) is 29.9 Å². The van der Waals surface area contributed by atoms with Gasteiger partial charge in [-0.1, -0.05) is 0 Å². The molecule has 2 saturated heterocycles. The molecule has 11 N–H and O–H groups in total. The second-order valence-corrected chi connectivity index (χ2v) is 11.3. The maximum absolute atomic E-state index is 11.4. The Morgan fingerprint density at radius 3 is 2.06 bits per heavy atom. The van der Waals surface area contributed by atoms with Crippen LogP contribution in [0, 0.1) is 0 Å². The van der Waals surface area contributed by atoms with E-state index >= 15 is 0 Å². The number of anilines is 2. The molecule has 6 heterocycles. The number of imidazole rings is 2. The van der Waals surface area contributed by atoms with Crippen LogP contribution in [-0.4, -0.2) is 151 Å². The molecule has 0 aliphatic carbocycles. The lowest BCUT2D eigenvalue weighted by Crippen LogP contribution is -2.44. The molecule has 4 aromatic rings. The van der Waals surface area contributed by atoms with Gasteiger partial charge in [-0.3, -0.25) is 18.8 Å². The zero-order valence-corrected chi connectivity index (χ0v) is 24.9. The van der Waals surface area contributed by atoms with Gasteiger partial charge in [0, 0.05) is 19.6 Å². The number of carbonyl (C=O) groups is 1. The summed E-state index contributed by atoms with van der Waals surface area (Å²) >= 11 is 0. The van der Waals surface area contributed by atoms with Gasteiger partial charge in [0.1, 0.15) is 66.4 Å². The first-order valence-corrected chi connectivity index (χ1v) is 14.7. The normalized spacial score (nSPS) is 28.6. The van der Waals surface area contributed by atoms with E-state index in [1.807, 2.05) is 0 Å². The summed E-state index contributed by atoms with van der Waals surface area (Å²) in [6.45, 7) is -0.120. The number of aromatic nitrogens is 8. The molecule has 0 unspecified atom stereocenters. The summed E-state index contributed by atoms with van der Waals surface area (Å²) in [6, 6.07) is -1.16. The number of nitrogen functional groups attached to an aromatic ring is 2. The minimum Gasteiger partial charge on any atom is -0.480 e. The molecule has 0 amide bonds. The van der Waals surface area contributed by atoms with Crippen molar-refractivity contribution in [3.63, 3.8) is 0 Å². The number of aliphatic carboxylic acids is 1. The molecule has 0 spiro atoms. The van der Waals surface area contributed by atoms with Gasteiger partial charge in [0.05, 0.1) is 25.9 Å². The lowest BCUT2D eigenvalue weighted by molar-refractivity contribution is -0.138. The number of fused-ring (bicyclic) bond motifs is 2. The zero-order chi connectivity index (χ0) is 33.4. The quantitative estimate of drug-likeness (QED) is 0.0681. The molecule has 21 nitrogen and oxygen atoms in total. The van der Waals surface area contributed by atoms with Gasteiger partial charge in [0.15, 0.2) is 35.4 Å². The lowest BCUT2D eigenvalue weighted by Gasteiger charge is -2.28. The third-order valence-corrected chi connectivity index (χ3v) is 8.38. The van der Waals surface area contributed by atoms with Gasteiger partial charge in [0.2, 0.25) is 0 Å². The van der Waals surface area contributed by atoms with Crippen LogP contribution in [0.25, 0.3) is 22.3 Å². The maximum Gasteiger partial charge on any atom is 0.320 e. The Bertz CT molecular complexity index is 1710. The van der Waals surface area contributed by atoms with Gasteiger partial charge < -0.3 is 56.9 Å². The summed E-state index contributed by atoms with van der Waals surface area (Å²) in [5, 5.41) is 52.0. The molecule has 0 radical (unpaired) electrons. The number of nitrogens with zero attached hydrogens (tertiary/aromatic N) is 9. The number of carboxylic acids is 1. The molecule has 0 saturated carbocycles. The van der Waals surface area contributed by atoms with Crippen molar-refractivity contribution in [2.45, 2.75) is 61.5 Å². The van der Waals surface area contributed by atoms with Crippen LogP contribution >= 0.6 is 0 Å². The number of hydrogen-bond acceptors (Lipinski definition) is 18. The monoisotopic (exact) mass is 660 g/mol. The largest absolute Gasteiger partial charge is 0.480 e. The van der Waals surface area contributed by atoms with E-state index in [0.717, 1.165) is 0 Å². The molecule has 254 valence electrons. The maximum atomic E-state index is 11.4. The minimum absolute atomic E-state index is 0.0110. The number of nitrogens with two attached hydrogens (primary N) is 3. The molecular weight excluding hydrogens is 624 g/mol. The van der Waals surface area contributed by atoms with Crippen LogP contribution in [0.3, 0.4) is 0 Å². The molecule has 6 rings (SSSR count). The van der Waals surface area contributed by atoms with Crippen LogP contribution in [0.4, 0.5) is 11.6 Å². The van der Waals surface area contributed by atoms with Crippen molar-refractivity contribution in [2.24, 2.45) is 5.73 Å². The van der Waals surface area contributed by atoms with Crippen molar-refractivity contribution < 1.29 is 44.5 Å². The molecule has 2 aliphatic heterocycles. The second kappa shape index (κ2) is 13.5. The summed E-state index contributed by atoms with van der Waals surface area (Å²) in [5.41, 5.74) is 18.8. The third-order valence-electron chi connectivity index (χ3n) is 8.38. The summed E-state index contributed by atoms with van der Waals surface area (Å²) in [5.74, 6) is -0.882. The molecule has 0 bridgehead atoms. The van der Waals surface area contributed by atoms with Crippen LogP contribution in [0.15, 0.2) is 25.3 Å². The van der Waals surface area contributed by atoms with Crippen LogP contribution in [-0.2, 0) is 19.0 Å². The molecule has 21 heteroatoms. The van der Waals surface area contributed by atoms with Crippen molar-refractivity contribution in [3.8, 4) is 0 Å². The van der Waals surface area contributed by atoms with Crippen LogP contribution < -0.4 is 17.2 Å². The Morgan fingerprint density at radius 2 is 1.47 bits per heavy atom. The molecule has 9 atom stereocenters. The van der Waals surface area contributed by atoms with E-state index in [-0.39, 0.29) is 44.3 Å². The fourth-order valence-electron chi connectivity index (χ4n) is 5.81. The summed E-state index contributed by atoms with van der Waals surface area (Å²) in [6.07, 6.45) is -3.43. The molecule has 4 aromatic heterocycles. The molecule has 0 aromatic carbocycles. The second-order valence-electron chi connectivity index (χ2n) is 11.3. The number of aliphatic hydroxyl groups excluding tert-OH is 4. The van der Waals surface area contributed by atoms with E-state index in [1.165, 1.54) is 34.4 Å². The van der Waals surface area contributed by atoms with Gasteiger partial charge in [0.25, 0.3) is 0 Å². The minimum atomic E-state index is -1.36. The van der Waals surface area contributed by atoms with Crippen LogP contribution in [0.2, 0.25) is 0 Å². The van der Waals surface area contributed by atoms with Gasteiger partial charge in [-0.2, -0.15) is 0 Å². The highest BCUT2D eigenvalue weighted by Crippen LogP contribution is 2.35. The number of hydrogen-bond donors (Lipinski definition) is 8. The van der Waals surface area contributed by atoms with Crippen molar-refractivity contribution in [1.82, 2.24) is 43.9 Å². The Hall–Kier alpha value is -4.19. The van der Waals surface area contributed by atoms with E-state index in [1.54, 1.807) is 4.90 Å². The fourth-order valence-corrected chi connectivity index (χ4v) is 5.81. The highest BCUT2D eigenvalue weighted by atomic mass is 16.6. The summed E-state index contributed by atoms with van der Waals surface area (Å²) < 4.78 is 21.1. The first kappa shape index (κ1) is 32.7. The third kappa shape index (κ3) is 6.27. The SMILES string of the molecule is Nc1ncnc2c1ncn2[C@@H]1O[C@H](CN(CCO[C@@H]2[C@H](O)[C@@H](CO)O[C@H]2n2cnc3c(N)ncnc32)CC[C@H](N)C(=O)O)[C@@H](O)[C@H]1O. The molecule has 47 heavy (non-hydrogen) atoms. The Morgan fingerprint density at radius 1 is 0.872 bits per heavy atom. The summed E-state index contributed by atoms with van der Waals surface area (Å²) in [4.78, 5) is 37.9. The lowest BCUT2D eigenvalue weighted by atomic mass is 10.1. The van der Waals surface area contributed by atoms with Crippen molar-refractivity contribution in [3.05, 3.63) is 25.3 Å². The Balaban J connectivity index is 1.16. The molecular formula is C26H36N12O9. The molecule has 2 aliphatic rings. The standard InChI is InChI=1S/C26H36N12O9/c27-11(26(43)44)1-2-36(5-12-16(40)18(42)24(46-12)37-9-34-14-20(28)30-7-32-22(14)37)3-4-45-19-17(41)13(6-39)47-25(19)38-10-35-15-21(29)31-8-33-23(15)38/h7-13,16-19,24-25,39-42H,1-6,27H2,(H,43,44)(H2,28,30,32)(H2,29,31,33)/t11-,12+,13+,16+,17+,18+,19+,24+,25+/m0/s1. The Kier molecular flexibility index (Phi) is 9.41. The zero-order valence-electron chi connectivity index (χ0n) is 24.9. The smallest absolute Gasteiger partial charge is 0.320 e. The van der Waals surface area contributed by atoms with Crippen LogP contribution in [0.5, 0.6) is 0 Å². The number of rotatable bonds is 13.